The van der Waals surface area contributed by atoms with Crippen LogP contribution in [0.2, 0.25) is 10.2 Å². The molecular formula is C9H12Cl2N4O. The molecule has 1 rings (SSSR count). The van der Waals surface area contributed by atoms with Gasteiger partial charge >= 0.3 is 0 Å². The van der Waals surface area contributed by atoms with E-state index in [1.165, 1.54) is 6.33 Å². The van der Waals surface area contributed by atoms with E-state index in [2.05, 4.69) is 15.3 Å². The Morgan fingerprint density at radius 2 is 2.25 bits per heavy atom. The largest absolute Gasteiger partial charge is 0.327 e. The van der Waals surface area contributed by atoms with Crippen molar-refractivity contribution in [2.24, 2.45) is 5.73 Å². The summed E-state index contributed by atoms with van der Waals surface area (Å²) in [4.78, 5) is 19.0. The first-order valence-corrected chi connectivity index (χ1v) is 5.51. The normalized spacial score (nSPS) is 12.2. The number of nitrogens with zero attached hydrogens (tertiary/aromatic N) is 2. The summed E-state index contributed by atoms with van der Waals surface area (Å²) in [6.45, 7) is 1.91. The minimum Gasteiger partial charge on any atom is -0.327 e. The van der Waals surface area contributed by atoms with Crippen LogP contribution in [0.25, 0.3) is 0 Å². The van der Waals surface area contributed by atoms with Crippen molar-refractivity contribution in [2.45, 2.75) is 25.8 Å². The fourth-order valence-electron chi connectivity index (χ4n) is 1.00. The number of nitrogens with two attached hydrogens (primary N) is 1. The van der Waals surface area contributed by atoms with Gasteiger partial charge < -0.3 is 11.1 Å². The molecule has 0 aromatic carbocycles. The highest BCUT2D eigenvalue weighted by Gasteiger charge is 2.12. The lowest BCUT2D eigenvalue weighted by molar-refractivity contribution is -0.116. The van der Waals surface area contributed by atoms with Gasteiger partial charge in [-0.05, 0) is 6.42 Å². The molecule has 16 heavy (non-hydrogen) atoms. The highest BCUT2D eigenvalue weighted by molar-refractivity contribution is 6.42. The molecule has 3 N–H and O–H groups in total. The standard InChI is InChI=1S/C9H12Cl2N4O/c1-2-5(12)3-6(16)15-9-7(10)8(11)13-4-14-9/h4-5H,2-3,12H2,1H3,(H,13,14,15,16). The molecular weight excluding hydrogens is 251 g/mol. The molecule has 88 valence electrons. The van der Waals surface area contributed by atoms with Crippen molar-refractivity contribution in [1.82, 2.24) is 9.97 Å². The third kappa shape index (κ3) is 3.59. The summed E-state index contributed by atoms with van der Waals surface area (Å²) in [7, 11) is 0. The van der Waals surface area contributed by atoms with Crippen LogP contribution in [-0.4, -0.2) is 21.9 Å². The number of aromatic nitrogens is 2. The average Bonchev–Trinajstić information content (AvgIpc) is 2.24. The van der Waals surface area contributed by atoms with Crippen LogP contribution in [0.5, 0.6) is 0 Å². The van der Waals surface area contributed by atoms with Crippen LogP contribution in [0.1, 0.15) is 19.8 Å². The van der Waals surface area contributed by atoms with Crippen molar-refractivity contribution in [1.29, 1.82) is 0 Å². The number of halogens is 2. The van der Waals surface area contributed by atoms with E-state index in [0.29, 0.717) is 0 Å². The second kappa shape index (κ2) is 5.98. The summed E-state index contributed by atoms with van der Waals surface area (Å²) in [6.07, 6.45) is 2.17. The molecule has 1 heterocycles. The molecule has 0 radical (unpaired) electrons. The van der Waals surface area contributed by atoms with E-state index in [4.69, 9.17) is 28.9 Å². The number of hydrogen-bond acceptors (Lipinski definition) is 4. The monoisotopic (exact) mass is 262 g/mol. The van der Waals surface area contributed by atoms with E-state index in [0.717, 1.165) is 6.42 Å². The summed E-state index contributed by atoms with van der Waals surface area (Å²) >= 11 is 11.5. The molecule has 0 fully saturated rings. The van der Waals surface area contributed by atoms with Gasteiger partial charge in [-0.1, -0.05) is 30.1 Å². The Labute approximate surface area is 103 Å². The summed E-state index contributed by atoms with van der Waals surface area (Å²) in [5.41, 5.74) is 5.64. The molecule has 0 saturated heterocycles. The number of anilines is 1. The van der Waals surface area contributed by atoms with E-state index in [-0.39, 0.29) is 34.4 Å². The highest BCUT2D eigenvalue weighted by Crippen LogP contribution is 2.25. The summed E-state index contributed by atoms with van der Waals surface area (Å²) in [5.74, 6) is -0.0408. The molecule has 0 aliphatic carbocycles. The zero-order valence-corrected chi connectivity index (χ0v) is 10.2. The number of nitrogens with one attached hydrogen (secondary N) is 1. The zero-order chi connectivity index (χ0) is 12.1. The van der Waals surface area contributed by atoms with Gasteiger partial charge in [-0.15, -0.1) is 0 Å². The van der Waals surface area contributed by atoms with Gasteiger partial charge in [0.05, 0.1) is 0 Å². The van der Waals surface area contributed by atoms with Crippen molar-refractivity contribution in [3.63, 3.8) is 0 Å². The van der Waals surface area contributed by atoms with Gasteiger partial charge in [-0.3, -0.25) is 4.79 Å². The average molecular weight is 263 g/mol. The number of rotatable bonds is 4. The minimum atomic E-state index is -0.244. The fourth-order valence-corrected chi connectivity index (χ4v) is 1.28. The first-order valence-electron chi connectivity index (χ1n) is 4.76. The fraction of sp³-hybridized carbons (Fsp3) is 0.444. The smallest absolute Gasteiger partial charge is 0.227 e. The van der Waals surface area contributed by atoms with E-state index in [1.54, 1.807) is 0 Å². The van der Waals surface area contributed by atoms with Gasteiger partial charge in [0, 0.05) is 12.5 Å². The van der Waals surface area contributed by atoms with Gasteiger partial charge in [-0.25, -0.2) is 9.97 Å². The van der Waals surface area contributed by atoms with Gasteiger partial charge in [0.2, 0.25) is 5.91 Å². The molecule has 1 unspecified atom stereocenters. The number of amides is 1. The number of carbonyl (C=O) groups is 1. The summed E-state index contributed by atoms with van der Waals surface area (Å²) in [6, 6.07) is -0.170. The van der Waals surface area contributed by atoms with Crippen molar-refractivity contribution in [2.75, 3.05) is 5.32 Å². The third-order valence-electron chi connectivity index (χ3n) is 1.98. The zero-order valence-electron chi connectivity index (χ0n) is 8.70. The molecule has 0 aliphatic heterocycles. The molecule has 0 aliphatic rings. The van der Waals surface area contributed by atoms with Crippen molar-refractivity contribution in [3.8, 4) is 0 Å². The lowest BCUT2D eigenvalue weighted by Crippen LogP contribution is -2.26. The van der Waals surface area contributed by atoms with Crippen LogP contribution in [-0.2, 0) is 4.79 Å². The predicted molar refractivity (Wildman–Crippen MR) is 63.6 cm³/mol. The van der Waals surface area contributed by atoms with Crippen LogP contribution >= 0.6 is 23.2 Å². The Kier molecular flexibility index (Phi) is 4.92. The molecule has 1 aromatic rings. The van der Waals surface area contributed by atoms with Crippen molar-refractivity contribution in [3.05, 3.63) is 16.5 Å². The molecule has 7 heteroatoms. The topological polar surface area (TPSA) is 80.9 Å². The van der Waals surface area contributed by atoms with Gasteiger partial charge in [0.25, 0.3) is 0 Å². The molecule has 5 nitrogen and oxygen atoms in total. The molecule has 1 amide bonds. The Morgan fingerprint density at radius 3 is 2.88 bits per heavy atom. The molecule has 0 bridgehead atoms. The molecule has 0 saturated carbocycles. The Bertz CT molecular complexity index is 386. The van der Waals surface area contributed by atoms with E-state index >= 15 is 0 Å². The Morgan fingerprint density at radius 1 is 1.56 bits per heavy atom. The van der Waals surface area contributed by atoms with Gasteiger partial charge in [0.15, 0.2) is 11.0 Å². The second-order valence-electron chi connectivity index (χ2n) is 3.25. The molecule has 1 atom stereocenters. The molecule has 1 aromatic heterocycles. The summed E-state index contributed by atoms with van der Waals surface area (Å²) < 4.78 is 0. The lowest BCUT2D eigenvalue weighted by atomic mass is 10.1. The Balaban J connectivity index is 2.66. The van der Waals surface area contributed by atoms with Crippen LogP contribution < -0.4 is 11.1 Å². The minimum absolute atomic E-state index is 0.103. The maximum Gasteiger partial charge on any atom is 0.227 e. The SMILES string of the molecule is CCC(N)CC(=O)Nc1ncnc(Cl)c1Cl. The predicted octanol–water partition coefficient (Wildman–Crippen LogP) is 1.85. The highest BCUT2D eigenvalue weighted by atomic mass is 35.5. The van der Waals surface area contributed by atoms with Crippen LogP contribution in [0.4, 0.5) is 5.82 Å². The number of carbonyl (C=O) groups excluding carboxylic acids is 1. The van der Waals surface area contributed by atoms with Crippen molar-refractivity contribution < 1.29 is 4.79 Å². The summed E-state index contributed by atoms with van der Waals surface area (Å²) in [5, 5.41) is 2.76. The van der Waals surface area contributed by atoms with Crippen LogP contribution in [0, 0.1) is 0 Å². The maximum absolute atomic E-state index is 11.5. The van der Waals surface area contributed by atoms with E-state index in [9.17, 15) is 4.79 Å². The van der Waals surface area contributed by atoms with Crippen molar-refractivity contribution >= 4 is 34.9 Å². The first-order chi connectivity index (χ1) is 7.54. The van der Waals surface area contributed by atoms with Crippen LogP contribution in [0.3, 0.4) is 0 Å². The quantitative estimate of drug-likeness (QED) is 0.812. The van der Waals surface area contributed by atoms with Gasteiger partial charge in [-0.2, -0.15) is 0 Å². The van der Waals surface area contributed by atoms with Gasteiger partial charge in [0.1, 0.15) is 11.3 Å². The number of hydrogen-bond donors (Lipinski definition) is 2. The van der Waals surface area contributed by atoms with E-state index < -0.39 is 0 Å². The third-order valence-corrected chi connectivity index (χ3v) is 2.72. The first kappa shape index (κ1) is 13.2. The second-order valence-corrected chi connectivity index (χ2v) is 3.98. The van der Waals surface area contributed by atoms with Crippen LogP contribution in [0.15, 0.2) is 6.33 Å². The maximum atomic E-state index is 11.5. The van der Waals surface area contributed by atoms with E-state index in [1.807, 2.05) is 6.92 Å². The molecule has 0 spiro atoms. The lowest BCUT2D eigenvalue weighted by Gasteiger charge is -2.09. The Hall–Kier alpha value is -0.910.